The van der Waals surface area contributed by atoms with E-state index in [2.05, 4.69) is 20.8 Å². The first-order valence-electron chi connectivity index (χ1n) is 5.42. The highest BCUT2D eigenvalue weighted by molar-refractivity contribution is 5.73. The molecule has 1 fully saturated rings. The van der Waals surface area contributed by atoms with E-state index in [0.29, 0.717) is 19.6 Å². The lowest BCUT2D eigenvalue weighted by molar-refractivity contribution is -0.193. The second kappa shape index (κ2) is 3.48. The number of carbonyl (C=O) groups is 1. The Kier molecular flexibility index (Phi) is 2.90. The number of hydrogen-bond donors (Lipinski definition) is 1. The molecule has 0 amide bonds. The largest absolute Gasteiger partial charge is 0.481 e. The first kappa shape index (κ1) is 12.5. The summed E-state index contributed by atoms with van der Waals surface area (Å²) in [6, 6.07) is 0. The molecule has 3 nitrogen and oxygen atoms in total. The number of ether oxygens (including phenoxy) is 1. The van der Waals surface area contributed by atoms with Crippen molar-refractivity contribution in [2.24, 2.45) is 16.2 Å². The third-order valence-electron chi connectivity index (χ3n) is 3.71. The molecule has 1 N–H and O–H groups in total. The summed E-state index contributed by atoms with van der Waals surface area (Å²) in [6.07, 6.45) is 0.679. The molecule has 1 heterocycles. The number of rotatable bonds is 3. The van der Waals surface area contributed by atoms with E-state index < -0.39 is 11.4 Å². The van der Waals surface area contributed by atoms with Crippen molar-refractivity contribution in [3.05, 3.63) is 0 Å². The maximum atomic E-state index is 11.1. The third-order valence-corrected chi connectivity index (χ3v) is 3.71. The van der Waals surface area contributed by atoms with Crippen LogP contribution >= 0.6 is 0 Å². The molecule has 0 radical (unpaired) electrons. The van der Waals surface area contributed by atoms with E-state index >= 15 is 0 Å². The van der Waals surface area contributed by atoms with Crippen LogP contribution in [-0.2, 0) is 9.53 Å². The summed E-state index contributed by atoms with van der Waals surface area (Å²) in [5, 5.41) is 9.15. The van der Waals surface area contributed by atoms with Gasteiger partial charge in [-0.2, -0.15) is 0 Å². The number of carboxylic acid groups (broad SMARTS) is 1. The lowest BCUT2D eigenvalue weighted by atomic mass is 9.59. The molecule has 0 saturated carbocycles. The van der Waals surface area contributed by atoms with Crippen molar-refractivity contribution in [3.63, 3.8) is 0 Å². The highest BCUT2D eigenvalue weighted by Gasteiger charge is 2.52. The van der Waals surface area contributed by atoms with E-state index in [-0.39, 0.29) is 10.8 Å². The fourth-order valence-corrected chi connectivity index (χ4v) is 2.07. The first-order valence-corrected chi connectivity index (χ1v) is 5.42. The van der Waals surface area contributed by atoms with Gasteiger partial charge in [-0.1, -0.05) is 20.8 Å². The van der Waals surface area contributed by atoms with Crippen LogP contribution in [0, 0.1) is 16.2 Å². The second-order valence-electron chi connectivity index (χ2n) is 6.39. The van der Waals surface area contributed by atoms with Crippen molar-refractivity contribution in [2.75, 3.05) is 13.2 Å². The highest BCUT2D eigenvalue weighted by Crippen LogP contribution is 2.51. The van der Waals surface area contributed by atoms with Crippen molar-refractivity contribution < 1.29 is 14.6 Å². The van der Waals surface area contributed by atoms with E-state index in [9.17, 15) is 4.79 Å². The van der Waals surface area contributed by atoms with Crippen molar-refractivity contribution in [1.82, 2.24) is 0 Å². The molecular formula is C12H22O3. The fraction of sp³-hybridized carbons (Fsp3) is 0.917. The van der Waals surface area contributed by atoms with Crippen LogP contribution in [-0.4, -0.2) is 24.3 Å². The summed E-state index contributed by atoms with van der Waals surface area (Å²) in [5.41, 5.74) is -0.552. The van der Waals surface area contributed by atoms with Gasteiger partial charge in [-0.05, 0) is 25.7 Å². The van der Waals surface area contributed by atoms with Gasteiger partial charge in [0, 0.05) is 5.41 Å². The SMILES string of the molecule is CC(C)(CC1(C(C)(C)C)COC1)C(=O)O. The van der Waals surface area contributed by atoms with Crippen molar-refractivity contribution in [3.8, 4) is 0 Å². The monoisotopic (exact) mass is 214 g/mol. The van der Waals surface area contributed by atoms with Crippen LogP contribution in [0.15, 0.2) is 0 Å². The minimum Gasteiger partial charge on any atom is -0.481 e. The van der Waals surface area contributed by atoms with Crippen molar-refractivity contribution >= 4 is 5.97 Å². The lowest BCUT2D eigenvalue weighted by Gasteiger charge is -2.53. The van der Waals surface area contributed by atoms with Crippen LogP contribution in [0.5, 0.6) is 0 Å². The van der Waals surface area contributed by atoms with Gasteiger partial charge >= 0.3 is 5.97 Å². The van der Waals surface area contributed by atoms with E-state index in [0.717, 1.165) is 0 Å². The van der Waals surface area contributed by atoms with Crippen LogP contribution < -0.4 is 0 Å². The average molecular weight is 214 g/mol. The minimum absolute atomic E-state index is 0.0227. The Morgan fingerprint density at radius 3 is 1.93 bits per heavy atom. The standard InChI is InChI=1S/C12H22O3/c1-10(2,3)12(7-15-8-12)6-11(4,5)9(13)14/h6-8H2,1-5H3,(H,13,14). The summed E-state index contributed by atoms with van der Waals surface area (Å²) >= 11 is 0. The maximum Gasteiger partial charge on any atom is 0.309 e. The zero-order valence-corrected chi connectivity index (χ0v) is 10.4. The van der Waals surface area contributed by atoms with Crippen molar-refractivity contribution in [1.29, 1.82) is 0 Å². The Morgan fingerprint density at radius 2 is 1.73 bits per heavy atom. The van der Waals surface area contributed by atoms with Crippen LogP contribution in [0.25, 0.3) is 0 Å². The smallest absolute Gasteiger partial charge is 0.309 e. The van der Waals surface area contributed by atoms with E-state index in [1.54, 1.807) is 13.8 Å². The molecule has 88 valence electrons. The number of hydrogen-bond acceptors (Lipinski definition) is 2. The summed E-state index contributed by atoms with van der Waals surface area (Å²) < 4.78 is 5.30. The Bertz CT molecular complexity index is 257. The van der Waals surface area contributed by atoms with Crippen LogP contribution in [0.1, 0.15) is 41.0 Å². The lowest BCUT2D eigenvalue weighted by Crippen LogP contribution is -2.54. The summed E-state index contributed by atoms with van der Waals surface area (Å²) in [4.78, 5) is 11.1. The maximum absolute atomic E-state index is 11.1. The highest BCUT2D eigenvalue weighted by atomic mass is 16.5. The van der Waals surface area contributed by atoms with Gasteiger partial charge in [0.2, 0.25) is 0 Å². The molecule has 0 aromatic carbocycles. The molecule has 0 unspecified atom stereocenters. The molecule has 1 saturated heterocycles. The molecule has 0 bridgehead atoms. The first-order chi connectivity index (χ1) is 6.61. The zero-order chi connectivity index (χ0) is 11.9. The normalized spacial score (nSPS) is 20.9. The molecule has 0 atom stereocenters. The van der Waals surface area contributed by atoms with Crippen LogP contribution in [0.4, 0.5) is 0 Å². The number of carboxylic acids is 1. The fourth-order valence-electron chi connectivity index (χ4n) is 2.07. The molecule has 0 aromatic rings. The molecule has 0 aromatic heterocycles. The number of aliphatic carboxylic acids is 1. The van der Waals surface area contributed by atoms with Gasteiger partial charge in [-0.15, -0.1) is 0 Å². The molecule has 0 spiro atoms. The Labute approximate surface area is 91.8 Å². The van der Waals surface area contributed by atoms with Gasteiger partial charge < -0.3 is 9.84 Å². The predicted molar refractivity (Wildman–Crippen MR) is 58.7 cm³/mol. The molecule has 15 heavy (non-hydrogen) atoms. The van der Waals surface area contributed by atoms with Crippen molar-refractivity contribution in [2.45, 2.75) is 41.0 Å². The molecule has 1 aliphatic heterocycles. The molecule has 1 aliphatic rings. The molecule has 3 heteroatoms. The Balaban J connectivity index is 2.83. The summed E-state index contributed by atoms with van der Waals surface area (Å²) in [7, 11) is 0. The predicted octanol–water partition coefficient (Wildman–Crippen LogP) is 2.55. The van der Waals surface area contributed by atoms with Gasteiger partial charge in [0.05, 0.1) is 18.6 Å². The molecule has 1 rings (SSSR count). The van der Waals surface area contributed by atoms with Gasteiger partial charge in [-0.3, -0.25) is 4.79 Å². The summed E-state index contributed by atoms with van der Waals surface area (Å²) in [5.74, 6) is -0.724. The topological polar surface area (TPSA) is 46.5 Å². The second-order valence-corrected chi connectivity index (χ2v) is 6.39. The van der Waals surface area contributed by atoms with E-state index in [1.807, 2.05) is 0 Å². The van der Waals surface area contributed by atoms with Gasteiger partial charge in [0.15, 0.2) is 0 Å². The minimum atomic E-state index is -0.724. The Morgan fingerprint density at radius 1 is 1.27 bits per heavy atom. The summed E-state index contributed by atoms with van der Waals surface area (Å²) in [6.45, 7) is 11.4. The van der Waals surface area contributed by atoms with Gasteiger partial charge in [0.25, 0.3) is 0 Å². The van der Waals surface area contributed by atoms with Gasteiger partial charge in [-0.25, -0.2) is 0 Å². The van der Waals surface area contributed by atoms with E-state index in [1.165, 1.54) is 0 Å². The molecule has 0 aliphatic carbocycles. The quantitative estimate of drug-likeness (QED) is 0.785. The average Bonchev–Trinajstić information content (AvgIpc) is 1.94. The van der Waals surface area contributed by atoms with Gasteiger partial charge in [0.1, 0.15) is 0 Å². The zero-order valence-electron chi connectivity index (χ0n) is 10.4. The Hall–Kier alpha value is -0.570. The molecular weight excluding hydrogens is 192 g/mol. The third kappa shape index (κ3) is 2.17. The van der Waals surface area contributed by atoms with Crippen LogP contribution in [0.3, 0.4) is 0 Å². The van der Waals surface area contributed by atoms with Crippen LogP contribution in [0.2, 0.25) is 0 Å². The van der Waals surface area contributed by atoms with E-state index in [4.69, 9.17) is 9.84 Å².